The molecule has 0 nitrogen and oxygen atoms in total. The van der Waals surface area contributed by atoms with Crippen molar-refractivity contribution in [2.24, 2.45) is 5.92 Å². The van der Waals surface area contributed by atoms with Crippen molar-refractivity contribution >= 4 is 27.8 Å². The summed E-state index contributed by atoms with van der Waals surface area (Å²) in [5, 5.41) is 3.28. The van der Waals surface area contributed by atoms with Gasteiger partial charge in [0.25, 0.3) is 0 Å². The van der Waals surface area contributed by atoms with E-state index in [1.54, 1.807) is 23.3 Å². The predicted molar refractivity (Wildman–Crippen MR) is 141 cm³/mol. The van der Waals surface area contributed by atoms with Crippen LogP contribution in [-0.2, 0) is 29.8 Å². The molecular formula is C29H35ClSiZr. The van der Waals surface area contributed by atoms with E-state index in [0.717, 1.165) is 17.9 Å². The van der Waals surface area contributed by atoms with E-state index in [2.05, 4.69) is 96.3 Å². The first-order valence-corrected chi connectivity index (χ1v) is 18.0. The second-order valence-electron chi connectivity index (χ2n) is 8.66. The third-order valence-electron chi connectivity index (χ3n) is 5.78. The van der Waals surface area contributed by atoms with Crippen molar-refractivity contribution in [3.8, 4) is 11.1 Å². The molecule has 32 heavy (non-hydrogen) atoms. The van der Waals surface area contributed by atoms with Crippen LogP contribution in [0.2, 0.25) is 18.1 Å². The summed E-state index contributed by atoms with van der Waals surface area (Å²) in [6.07, 6.45) is 5.60. The number of benzene rings is 2. The Kier molecular flexibility index (Phi) is 11.0. The van der Waals surface area contributed by atoms with Crippen LogP contribution in [0, 0.1) is 12.0 Å². The van der Waals surface area contributed by atoms with Crippen molar-refractivity contribution in [2.45, 2.75) is 60.6 Å². The van der Waals surface area contributed by atoms with E-state index in [-0.39, 0.29) is 5.43 Å². The van der Waals surface area contributed by atoms with Gasteiger partial charge < -0.3 is 0 Å². The van der Waals surface area contributed by atoms with E-state index in [4.69, 9.17) is 11.6 Å². The Morgan fingerprint density at radius 3 is 2.12 bits per heavy atom. The fourth-order valence-electron chi connectivity index (χ4n) is 3.90. The van der Waals surface area contributed by atoms with E-state index in [0.29, 0.717) is 5.92 Å². The Labute approximate surface area is 215 Å². The number of hydrogen-bond donors (Lipinski definition) is 0. The molecule has 0 saturated heterocycles. The van der Waals surface area contributed by atoms with Crippen LogP contribution in [0.1, 0.15) is 46.6 Å². The molecule has 3 aromatic carbocycles. The average molecular weight is 538 g/mol. The molecule has 1 atom stereocenters. The average Bonchev–Trinajstić information content (AvgIpc) is 3.22. The zero-order valence-electron chi connectivity index (χ0n) is 20.6. The van der Waals surface area contributed by atoms with E-state index < -0.39 is 0 Å². The number of rotatable bonds is 3. The molecule has 166 valence electrons. The number of allylic oxidation sites excluding steroid dienone is 4. The van der Waals surface area contributed by atoms with E-state index >= 15 is 0 Å². The molecular weight excluding hydrogens is 503 g/mol. The van der Waals surface area contributed by atoms with Crippen molar-refractivity contribution in [3.05, 3.63) is 88.0 Å². The van der Waals surface area contributed by atoms with E-state index in [9.17, 15) is 0 Å². The molecule has 0 aromatic heterocycles. The molecule has 1 unspecified atom stereocenters. The Morgan fingerprint density at radius 2 is 1.66 bits per heavy atom. The minimum atomic E-state index is 0.210. The van der Waals surface area contributed by atoms with Crippen molar-refractivity contribution in [3.63, 3.8) is 0 Å². The van der Waals surface area contributed by atoms with Crippen molar-refractivity contribution in [1.82, 2.24) is 0 Å². The fraction of sp³-hybridized carbons (Fsp3) is 0.345. The Hall–Kier alpha value is -1.08. The topological polar surface area (TPSA) is 0 Å². The van der Waals surface area contributed by atoms with E-state index in [1.807, 2.05) is 12.1 Å². The summed E-state index contributed by atoms with van der Waals surface area (Å²) < 4.78 is 0. The summed E-state index contributed by atoms with van der Waals surface area (Å²) in [5.41, 5.74) is 8.48. The molecule has 0 saturated carbocycles. The Bertz CT molecular complexity index is 1110. The second-order valence-corrected chi connectivity index (χ2v) is 18.4. The number of aryl methyl sites for hydroxylation is 1. The van der Waals surface area contributed by atoms with Gasteiger partial charge in [-0.25, -0.2) is 5.57 Å². The standard InChI is InChI=1S/C18H16Cl.C9H13.C2H6Si.Zr/c1-2-7-14-12-16-15(10-6-11-17(16)19)18(14)13-8-4-3-5-9-13;1-6-5-7(2)9(4)8(6)3;1-3-2;/h3-6,8-12H,2,7H2,1H3;6H,1-4H3;1-2H3;/q2*-1;;+2. The summed E-state index contributed by atoms with van der Waals surface area (Å²) in [7, 11) is 0. The van der Waals surface area contributed by atoms with Gasteiger partial charge in [-0.15, -0.1) is 52.6 Å². The van der Waals surface area contributed by atoms with Crippen LogP contribution in [0.4, 0.5) is 0 Å². The van der Waals surface area contributed by atoms with Crippen LogP contribution >= 0.6 is 11.6 Å². The van der Waals surface area contributed by atoms with Crippen molar-refractivity contribution in [1.29, 1.82) is 0 Å². The molecule has 3 aromatic rings. The van der Waals surface area contributed by atoms with Crippen LogP contribution < -0.4 is 0 Å². The van der Waals surface area contributed by atoms with Crippen LogP contribution in [0.15, 0.2) is 71.3 Å². The summed E-state index contributed by atoms with van der Waals surface area (Å²) in [6.45, 7) is 15.5. The summed E-state index contributed by atoms with van der Waals surface area (Å²) in [6, 6.07) is 19.0. The quantitative estimate of drug-likeness (QED) is 0.230. The fourth-order valence-corrected chi connectivity index (χ4v) is 4.12. The zero-order chi connectivity index (χ0) is 23.8. The van der Waals surface area contributed by atoms with Gasteiger partial charge in [0, 0.05) is 0 Å². The van der Waals surface area contributed by atoms with Crippen LogP contribution in [0.5, 0.6) is 0 Å². The first kappa shape index (κ1) is 27.2. The molecule has 0 heterocycles. The normalized spacial score (nSPS) is 15.1. The second kappa shape index (κ2) is 13.0. The summed E-state index contributed by atoms with van der Waals surface area (Å²) >= 11 is 8.07. The van der Waals surface area contributed by atoms with Crippen molar-refractivity contribution < 1.29 is 23.3 Å². The zero-order valence-corrected chi connectivity index (χ0v) is 24.8. The molecule has 0 bridgehead atoms. The van der Waals surface area contributed by atoms with Crippen LogP contribution in [0.3, 0.4) is 0 Å². The minimum absolute atomic E-state index is 0.210. The molecule has 0 fully saturated rings. The number of fused-ring (bicyclic) bond motifs is 1. The first-order valence-electron chi connectivity index (χ1n) is 11.4. The van der Waals surface area contributed by atoms with Gasteiger partial charge in [-0.05, 0) is 11.4 Å². The van der Waals surface area contributed by atoms with Crippen LogP contribution in [0.25, 0.3) is 21.9 Å². The van der Waals surface area contributed by atoms with Gasteiger partial charge in [0.2, 0.25) is 0 Å². The Balaban J connectivity index is 0.000000233. The van der Waals surface area contributed by atoms with Gasteiger partial charge in [-0.2, -0.15) is 11.1 Å². The molecule has 1 aliphatic carbocycles. The van der Waals surface area contributed by atoms with Gasteiger partial charge in [0.1, 0.15) is 0 Å². The molecule has 3 heteroatoms. The maximum atomic E-state index is 6.33. The predicted octanol–water partition coefficient (Wildman–Crippen LogP) is 9.34. The molecule has 0 amide bonds. The summed E-state index contributed by atoms with van der Waals surface area (Å²) in [5.74, 6) is 0.560. The molecule has 0 radical (unpaired) electrons. The molecule has 0 aliphatic heterocycles. The van der Waals surface area contributed by atoms with E-state index in [1.165, 1.54) is 44.2 Å². The molecule has 4 rings (SSSR count). The maximum absolute atomic E-state index is 6.33. The Morgan fingerprint density at radius 1 is 1.03 bits per heavy atom. The third kappa shape index (κ3) is 7.21. The van der Waals surface area contributed by atoms with Gasteiger partial charge in [0.15, 0.2) is 0 Å². The van der Waals surface area contributed by atoms with Crippen LogP contribution in [-0.4, -0.2) is 5.43 Å². The van der Waals surface area contributed by atoms with Gasteiger partial charge >= 0.3 is 41.9 Å². The first-order chi connectivity index (χ1) is 15.2. The molecule has 1 aliphatic rings. The number of halogens is 1. The van der Waals surface area contributed by atoms with Crippen molar-refractivity contribution in [2.75, 3.05) is 0 Å². The van der Waals surface area contributed by atoms with Gasteiger partial charge in [-0.1, -0.05) is 88.1 Å². The molecule has 0 spiro atoms. The summed E-state index contributed by atoms with van der Waals surface area (Å²) in [4.78, 5) is 0. The molecule has 0 N–H and O–H groups in total. The SMILES string of the molecule is CC1=[C-]C(C)C(C)=C1C.CCCc1[cH-]c2c(Cl)cccc2c1-c1ccccc1.C[Si](C)=[Zr+2]. The number of hydrogen-bond acceptors (Lipinski definition) is 0. The van der Waals surface area contributed by atoms with Gasteiger partial charge in [-0.3, -0.25) is 6.08 Å². The van der Waals surface area contributed by atoms with Gasteiger partial charge in [0.05, 0.1) is 0 Å². The monoisotopic (exact) mass is 536 g/mol. The third-order valence-corrected chi connectivity index (χ3v) is 6.11.